The minimum Gasteiger partial charge on any atom is -0.489 e. The maximum Gasteiger partial charge on any atom is 0.222 e. The summed E-state index contributed by atoms with van der Waals surface area (Å²) in [5.74, 6) is 0.733. The monoisotopic (exact) mass is 441 g/mol. The lowest BCUT2D eigenvalue weighted by Gasteiger charge is -2.32. The van der Waals surface area contributed by atoms with Gasteiger partial charge in [-0.2, -0.15) is 0 Å². The van der Waals surface area contributed by atoms with Crippen LogP contribution in [0.4, 0.5) is 0 Å². The summed E-state index contributed by atoms with van der Waals surface area (Å²) >= 11 is 18.0. The molecule has 0 N–H and O–H groups in total. The fourth-order valence-electron chi connectivity index (χ4n) is 3.16. The lowest BCUT2D eigenvalue weighted by Crippen LogP contribution is -2.39. The van der Waals surface area contributed by atoms with Gasteiger partial charge in [0.2, 0.25) is 5.24 Å². The van der Waals surface area contributed by atoms with Crippen molar-refractivity contribution >= 4 is 40.0 Å². The Kier molecular flexibility index (Phi) is 7.61. The van der Waals surface area contributed by atoms with Gasteiger partial charge in [0.1, 0.15) is 12.4 Å². The molecule has 2 aromatic rings. The van der Waals surface area contributed by atoms with Gasteiger partial charge in [0.15, 0.2) is 0 Å². The van der Waals surface area contributed by atoms with Crippen LogP contribution in [0.5, 0.6) is 5.75 Å². The van der Waals surface area contributed by atoms with Gasteiger partial charge in [0.05, 0.1) is 12.7 Å². The summed E-state index contributed by atoms with van der Waals surface area (Å²) < 4.78 is 11.7. The van der Waals surface area contributed by atoms with Gasteiger partial charge in [-0.05, 0) is 53.9 Å². The van der Waals surface area contributed by atoms with Crippen LogP contribution in [0.1, 0.15) is 29.2 Å². The zero-order chi connectivity index (χ0) is 20.1. The molecule has 1 atom stereocenters. The van der Waals surface area contributed by atoms with Crippen LogP contribution in [0.3, 0.4) is 0 Å². The number of aryl methyl sites for hydroxylation is 1. The first-order valence-corrected chi connectivity index (χ1v) is 10.3. The van der Waals surface area contributed by atoms with Crippen LogP contribution in [-0.4, -0.2) is 36.4 Å². The number of carbonyl (C=O) groups excluding carboxylic acids is 1. The molecule has 2 aromatic carbocycles. The number of benzene rings is 2. The van der Waals surface area contributed by atoms with Crippen molar-refractivity contribution in [2.24, 2.45) is 0 Å². The SMILES string of the molecule is Cc1cc(Cl)c(COc2ccc(C3CN(CCC(=O)Cl)CCO3)cc2)c(Cl)c1. The number of ether oxygens (including phenoxy) is 2. The van der Waals surface area contributed by atoms with Gasteiger partial charge in [-0.1, -0.05) is 35.3 Å². The van der Waals surface area contributed by atoms with E-state index in [-0.39, 0.29) is 11.3 Å². The second kappa shape index (κ2) is 9.95. The minimum atomic E-state index is -0.307. The Hall–Kier alpha value is -1.30. The Morgan fingerprint density at radius 3 is 2.54 bits per heavy atom. The number of hydrogen-bond acceptors (Lipinski definition) is 4. The molecule has 28 heavy (non-hydrogen) atoms. The second-order valence-electron chi connectivity index (χ2n) is 6.83. The first-order valence-electron chi connectivity index (χ1n) is 9.12. The van der Waals surface area contributed by atoms with Gasteiger partial charge in [-0.25, -0.2) is 0 Å². The lowest BCUT2D eigenvalue weighted by atomic mass is 10.1. The van der Waals surface area contributed by atoms with E-state index in [1.54, 1.807) is 0 Å². The van der Waals surface area contributed by atoms with E-state index in [1.165, 1.54) is 0 Å². The number of nitrogens with zero attached hydrogens (tertiary/aromatic N) is 1. The summed E-state index contributed by atoms with van der Waals surface area (Å²) in [6.45, 7) is 5.07. The third-order valence-electron chi connectivity index (χ3n) is 4.70. The third kappa shape index (κ3) is 5.85. The minimum absolute atomic E-state index is 0.0331. The Morgan fingerprint density at radius 2 is 1.89 bits per heavy atom. The van der Waals surface area contributed by atoms with Crippen molar-refractivity contribution in [1.29, 1.82) is 0 Å². The van der Waals surface area contributed by atoms with Crippen molar-refractivity contribution in [1.82, 2.24) is 4.90 Å². The molecule has 7 heteroatoms. The molecule has 0 aliphatic carbocycles. The Bertz CT molecular complexity index is 803. The van der Waals surface area contributed by atoms with E-state index in [4.69, 9.17) is 44.3 Å². The maximum absolute atomic E-state index is 11.0. The number of rotatable bonds is 7. The highest BCUT2D eigenvalue weighted by Gasteiger charge is 2.22. The van der Waals surface area contributed by atoms with Gasteiger partial charge >= 0.3 is 0 Å². The zero-order valence-corrected chi connectivity index (χ0v) is 17.9. The highest BCUT2D eigenvalue weighted by molar-refractivity contribution is 6.63. The summed E-state index contributed by atoms with van der Waals surface area (Å²) in [6, 6.07) is 11.6. The van der Waals surface area contributed by atoms with Gasteiger partial charge in [-0.15, -0.1) is 0 Å². The van der Waals surface area contributed by atoms with Crippen molar-refractivity contribution < 1.29 is 14.3 Å². The van der Waals surface area contributed by atoms with E-state index in [9.17, 15) is 4.79 Å². The fraction of sp³-hybridized carbons (Fsp3) is 0.381. The number of morpholine rings is 1. The summed E-state index contributed by atoms with van der Waals surface area (Å²) in [7, 11) is 0. The van der Waals surface area contributed by atoms with Crippen molar-refractivity contribution in [3.63, 3.8) is 0 Å². The predicted molar refractivity (Wildman–Crippen MR) is 113 cm³/mol. The van der Waals surface area contributed by atoms with Gasteiger partial charge in [0, 0.05) is 41.7 Å². The molecule has 0 bridgehead atoms. The van der Waals surface area contributed by atoms with Crippen molar-refractivity contribution in [3.05, 3.63) is 63.1 Å². The molecule has 1 aliphatic rings. The molecule has 0 radical (unpaired) electrons. The second-order valence-corrected chi connectivity index (χ2v) is 8.07. The summed E-state index contributed by atoms with van der Waals surface area (Å²) in [6.07, 6.45) is 0.319. The average molecular weight is 443 g/mol. The average Bonchev–Trinajstić information content (AvgIpc) is 2.66. The Balaban J connectivity index is 1.58. The quantitative estimate of drug-likeness (QED) is 0.537. The van der Waals surface area contributed by atoms with Crippen molar-refractivity contribution in [2.75, 3.05) is 26.2 Å². The molecule has 4 nitrogen and oxygen atoms in total. The first kappa shape index (κ1) is 21.4. The van der Waals surface area contributed by atoms with E-state index in [1.807, 2.05) is 43.3 Å². The topological polar surface area (TPSA) is 38.8 Å². The Labute approximate surface area is 180 Å². The highest BCUT2D eigenvalue weighted by atomic mass is 35.5. The molecule has 0 spiro atoms. The van der Waals surface area contributed by atoms with Gasteiger partial charge in [0.25, 0.3) is 0 Å². The molecule has 0 amide bonds. The van der Waals surface area contributed by atoms with E-state index >= 15 is 0 Å². The Morgan fingerprint density at radius 1 is 1.21 bits per heavy atom. The normalized spacial score (nSPS) is 17.5. The summed E-state index contributed by atoms with van der Waals surface area (Å²) in [5, 5.41) is 0.902. The standard InChI is InChI=1S/C21H22Cl3NO3/c1-14-10-18(22)17(19(23)11-14)13-28-16-4-2-15(3-5-16)20-12-25(8-9-27-20)7-6-21(24)26/h2-5,10-11,20H,6-9,12-13H2,1H3. The van der Waals surface area contributed by atoms with Crippen molar-refractivity contribution in [3.8, 4) is 5.75 Å². The van der Waals surface area contributed by atoms with Crippen LogP contribution in [0.2, 0.25) is 10.0 Å². The summed E-state index contributed by atoms with van der Waals surface area (Å²) in [5.41, 5.74) is 2.86. The van der Waals surface area contributed by atoms with Crippen LogP contribution < -0.4 is 4.74 Å². The van der Waals surface area contributed by atoms with Crippen LogP contribution in [0.15, 0.2) is 36.4 Å². The first-order chi connectivity index (χ1) is 13.4. The lowest BCUT2D eigenvalue weighted by molar-refractivity contribution is -0.112. The molecule has 150 valence electrons. The number of halogens is 3. The summed E-state index contributed by atoms with van der Waals surface area (Å²) in [4.78, 5) is 13.2. The molecule has 1 heterocycles. The molecule has 1 saturated heterocycles. The predicted octanol–water partition coefficient (Wildman–Crippen LogP) is 5.41. The van der Waals surface area contributed by atoms with Crippen LogP contribution >= 0.6 is 34.8 Å². The molecule has 1 fully saturated rings. The van der Waals surface area contributed by atoms with E-state index < -0.39 is 0 Å². The van der Waals surface area contributed by atoms with Crippen molar-refractivity contribution in [2.45, 2.75) is 26.1 Å². The molecule has 1 aliphatic heterocycles. The molecular formula is C21H22Cl3NO3. The molecular weight excluding hydrogens is 421 g/mol. The van der Waals surface area contributed by atoms with Crippen LogP contribution in [0, 0.1) is 6.92 Å². The zero-order valence-electron chi connectivity index (χ0n) is 15.6. The van der Waals surface area contributed by atoms with Gasteiger partial charge in [-0.3, -0.25) is 9.69 Å². The number of hydrogen-bond donors (Lipinski definition) is 0. The highest BCUT2D eigenvalue weighted by Crippen LogP contribution is 2.29. The van der Waals surface area contributed by atoms with Crippen LogP contribution in [0.25, 0.3) is 0 Å². The maximum atomic E-state index is 11.0. The van der Waals surface area contributed by atoms with E-state index in [0.29, 0.717) is 36.2 Å². The third-order valence-corrected chi connectivity index (χ3v) is 5.56. The number of carbonyl (C=O) groups is 1. The largest absolute Gasteiger partial charge is 0.489 e. The molecule has 1 unspecified atom stereocenters. The smallest absolute Gasteiger partial charge is 0.222 e. The fourth-order valence-corrected chi connectivity index (χ4v) is 3.94. The van der Waals surface area contributed by atoms with Crippen LogP contribution in [-0.2, 0) is 16.1 Å². The van der Waals surface area contributed by atoms with E-state index in [0.717, 1.165) is 35.5 Å². The molecule has 3 rings (SSSR count). The van der Waals surface area contributed by atoms with Gasteiger partial charge < -0.3 is 9.47 Å². The molecule has 0 aromatic heterocycles. The van der Waals surface area contributed by atoms with E-state index in [2.05, 4.69) is 4.90 Å². The molecule has 0 saturated carbocycles.